The number of non-ortho nitro benzene ring substituents is 1. The summed E-state index contributed by atoms with van der Waals surface area (Å²) in [5, 5.41) is 14.4. The first-order valence-electron chi connectivity index (χ1n) is 5.26. The number of nitrogens with one attached hydrogen (secondary N) is 1. The molecule has 0 spiro atoms. The number of hydrogen-bond acceptors (Lipinski definition) is 5. The molecule has 18 heavy (non-hydrogen) atoms. The molecule has 1 aromatic rings. The summed E-state index contributed by atoms with van der Waals surface area (Å²) in [5.41, 5.74) is 3.17. The van der Waals surface area contributed by atoms with E-state index in [2.05, 4.69) is 15.3 Å². The molecule has 0 bridgehead atoms. The molecule has 0 atom stereocenters. The van der Waals surface area contributed by atoms with Crippen LogP contribution in [0.5, 0.6) is 0 Å². The zero-order valence-electron chi connectivity index (χ0n) is 10.0. The van der Waals surface area contributed by atoms with Gasteiger partial charge in [-0.3, -0.25) is 10.1 Å². The fourth-order valence-electron chi connectivity index (χ4n) is 1.20. The van der Waals surface area contributed by atoms with E-state index in [1.54, 1.807) is 26.0 Å². The van der Waals surface area contributed by atoms with Gasteiger partial charge >= 0.3 is 6.09 Å². The number of carbonyl (C=O) groups excluding carboxylic acids is 1. The van der Waals surface area contributed by atoms with Crippen molar-refractivity contribution in [1.82, 2.24) is 5.43 Å². The van der Waals surface area contributed by atoms with Crippen molar-refractivity contribution in [3.8, 4) is 0 Å². The highest BCUT2D eigenvalue weighted by molar-refractivity contribution is 5.99. The van der Waals surface area contributed by atoms with E-state index in [0.717, 1.165) is 0 Å². The number of ether oxygens (including phenoxy) is 1. The summed E-state index contributed by atoms with van der Waals surface area (Å²) in [4.78, 5) is 21.1. The van der Waals surface area contributed by atoms with Crippen molar-refractivity contribution in [2.45, 2.75) is 13.8 Å². The number of rotatable bonds is 4. The van der Waals surface area contributed by atoms with Crippen LogP contribution in [0.15, 0.2) is 29.4 Å². The summed E-state index contributed by atoms with van der Waals surface area (Å²) >= 11 is 0. The number of nitro groups is 1. The standard InChI is InChI=1S/C11H13N3O4/c1-3-18-11(15)13-12-8(2)9-5-4-6-10(7-9)14(16)17/h4-7H,3H2,1-2H3,(H,13,15)/b12-8-. The molecular formula is C11H13N3O4. The lowest BCUT2D eigenvalue weighted by Crippen LogP contribution is -2.20. The minimum absolute atomic E-state index is 0.0295. The summed E-state index contributed by atoms with van der Waals surface area (Å²) in [6.07, 6.45) is -0.665. The fourth-order valence-corrected chi connectivity index (χ4v) is 1.20. The fraction of sp³-hybridized carbons (Fsp3) is 0.273. The number of amides is 1. The first-order chi connectivity index (χ1) is 8.54. The molecule has 0 saturated heterocycles. The maximum absolute atomic E-state index is 11.0. The van der Waals surface area contributed by atoms with E-state index in [-0.39, 0.29) is 12.3 Å². The van der Waals surface area contributed by atoms with Crippen molar-refractivity contribution in [3.63, 3.8) is 0 Å². The zero-order valence-corrected chi connectivity index (χ0v) is 10.0. The van der Waals surface area contributed by atoms with Gasteiger partial charge in [-0.25, -0.2) is 10.2 Å². The Morgan fingerprint density at radius 2 is 2.28 bits per heavy atom. The Morgan fingerprint density at radius 1 is 1.56 bits per heavy atom. The molecule has 0 aromatic heterocycles. The predicted octanol–water partition coefficient (Wildman–Crippen LogP) is 2.06. The number of carbonyl (C=O) groups is 1. The maximum Gasteiger partial charge on any atom is 0.427 e. The lowest BCUT2D eigenvalue weighted by atomic mass is 10.1. The molecule has 0 aliphatic heterocycles. The molecule has 1 aromatic carbocycles. The van der Waals surface area contributed by atoms with Crippen LogP contribution in [-0.4, -0.2) is 23.3 Å². The number of hydrazone groups is 1. The molecule has 0 fully saturated rings. The summed E-state index contributed by atoms with van der Waals surface area (Å²) in [5.74, 6) is 0. The normalized spacial score (nSPS) is 10.9. The van der Waals surface area contributed by atoms with Gasteiger partial charge in [-0.15, -0.1) is 0 Å². The second kappa shape index (κ2) is 6.33. The average Bonchev–Trinajstić information content (AvgIpc) is 2.36. The van der Waals surface area contributed by atoms with Gasteiger partial charge in [-0.2, -0.15) is 5.10 Å². The van der Waals surface area contributed by atoms with Gasteiger partial charge < -0.3 is 4.74 Å². The van der Waals surface area contributed by atoms with E-state index in [1.165, 1.54) is 12.1 Å². The Kier molecular flexibility index (Phi) is 4.79. The van der Waals surface area contributed by atoms with Crippen LogP contribution in [0.4, 0.5) is 10.5 Å². The zero-order chi connectivity index (χ0) is 13.5. The number of nitrogens with zero attached hydrogens (tertiary/aromatic N) is 2. The number of nitro benzene ring substituents is 1. The van der Waals surface area contributed by atoms with Crippen LogP contribution in [0.25, 0.3) is 0 Å². The quantitative estimate of drug-likeness (QED) is 0.503. The Morgan fingerprint density at radius 3 is 2.89 bits per heavy atom. The van der Waals surface area contributed by atoms with Crippen LogP contribution < -0.4 is 5.43 Å². The molecule has 7 nitrogen and oxygen atoms in total. The number of hydrogen-bond donors (Lipinski definition) is 1. The Hall–Kier alpha value is -2.44. The average molecular weight is 251 g/mol. The van der Waals surface area contributed by atoms with Crippen molar-refractivity contribution >= 4 is 17.5 Å². The summed E-state index contributed by atoms with van der Waals surface area (Å²) < 4.78 is 4.62. The molecule has 0 heterocycles. The summed E-state index contributed by atoms with van der Waals surface area (Å²) in [6.45, 7) is 3.55. The molecule has 96 valence electrons. The molecular weight excluding hydrogens is 238 g/mol. The van der Waals surface area contributed by atoms with Gasteiger partial charge in [-0.05, 0) is 13.8 Å². The molecule has 1 rings (SSSR count). The Balaban J connectivity index is 2.80. The van der Waals surface area contributed by atoms with Crippen molar-refractivity contribution in [1.29, 1.82) is 0 Å². The van der Waals surface area contributed by atoms with Gasteiger partial charge in [0.05, 0.1) is 17.2 Å². The highest BCUT2D eigenvalue weighted by Crippen LogP contribution is 2.13. The largest absolute Gasteiger partial charge is 0.449 e. The second-order valence-electron chi connectivity index (χ2n) is 3.34. The van der Waals surface area contributed by atoms with Crippen LogP contribution >= 0.6 is 0 Å². The van der Waals surface area contributed by atoms with Crippen LogP contribution in [0.2, 0.25) is 0 Å². The minimum atomic E-state index is -0.665. The van der Waals surface area contributed by atoms with Gasteiger partial charge in [0.15, 0.2) is 0 Å². The third-order valence-corrected chi connectivity index (χ3v) is 2.07. The van der Waals surface area contributed by atoms with Crippen LogP contribution in [0, 0.1) is 10.1 Å². The highest BCUT2D eigenvalue weighted by atomic mass is 16.6. The molecule has 0 radical (unpaired) electrons. The second-order valence-corrected chi connectivity index (χ2v) is 3.34. The van der Waals surface area contributed by atoms with E-state index < -0.39 is 11.0 Å². The predicted molar refractivity (Wildman–Crippen MR) is 65.5 cm³/mol. The van der Waals surface area contributed by atoms with Gasteiger partial charge in [0, 0.05) is 17.7 Å². The summed E-state index contributed by atoms with van der Waals surface area (Å²) in [6, 6.07) is 5.98. The Bertz CT molecular complexity index is 485. The van der Waals surface area contributed by atoms with Crippen LogP contribution in [0.1, 0.15) is 19.4 Å². The first-order valence-corrected chi connectivity index (χ1v) is 5.26. The number of benzene rings is 1. The molecule has 1 N–H and O–H groups in total. The van der Waals surface area contributed by atoms with Gasteiger partial charge in [-0.1, -0.05) is 12.1 Å². The van der Waals surface area contributed by atoms with E-state index in [4.69, 9.17) is 0 Å². The van der Waals surface area contributed by atoms with Gasteiger partial charge in [0.1, 0.15) is 0 Å². The maximum atomic E-state index is 11.0. The van der Waals surface area contributed by atoms with Crippen molar-refractivity contribution in [3.05, 3.63) is 39.9 Å². The van der Waals surface area contributed by atoms with Crippen molar-refractivity contribution < 1.29 is 14.5 Å². The van der Waals surface area contributed by atoms with E-state index in [9.17, 15) is 14.9 Å². The lowest BCUT2D eigenvalue weighted by Gasteiger charge is -2.02. The van der Waals surface area contributed by atoms with Crippen LogP contribution in [0.3, 0.4) is 0 Å². The van der Waals surface area contributed by atoms with Crippen LogP contribution in [-0.2, 0) is 4.74 Å². The monoisotopic (exact) mass is 251 g/mol. The van der Waals surface area contributed by atoms with E-state index in [0.29, 0.717) is 11.3 Å². The SMILES string of the molecule is CCOC(=O)N/N=C(/C)c1cccc([N+](=O)[O-])c1. The molecule has 0 aliphatic carbocycles. The smallest absolute Gasteiger partial charge is 0.427 e. The minimum Gasteiger partial charge on any atom is -0.449 e. The van der Waals surface area contributed by atoms with Crippen molar-refractivity contribution in [2.75, 3.05) is 6.61 Å². The first kappa shape index (κ1) is 13.6. The topological polar surface area (TPSA) is 93.8 Å². The van der Waals surface area contributed by atoms with Crippen molar-refractivity contribution in [2.24, 2.45) is 5.10 Å². The summed E-state index contributed by atoms with van der Waals surface area (Å²) in [7, 11) is 0. The molecule has 7 heteroatoms. The third-order valence-electron chi connectivity index (χ3n) is 2.07. The molecule has 0 aliphatic rings. The van der Waals surface area contributed by atoms with E-state index >= 15 is 0 Å². The van der Waals surface area contributed by atoms with Gasteiger partial charge in [0.25, 0.3) is 5.69 Å². The highest BCUT2D eigenvalue weighted by Gasteiger charge is 2.07. The third kappa shape index (κ3) is 3.85. The Labute approximate surface area is 104 Å². The van der Waals surface area contributed by atoms with E-state index in [1.807, 2.05) is 0 Å². The lowest BCUT2D eigenvalue weighted by molar-refractivity contribution is -0.384. The molecule has 0 saturated carbocycles. The van der Waals surface area contributed by atoms with Gasteiger partial charge in [0.2, 0.25) is 0 Å². The molecule has 1 amide bonds. The molecule has 0 unspecified atom stereocenters.